The first-order valence-corrected chi connectivity index (χ1v) is 8.55. The summed E-state index contributed by atoms with van der Waals surface area (Å²) in [6, 6.07) is 6.13. The zero-order valence-electron chi connectivity index (χ0n) is 15.0. The average molecular weight is 357 g/mol. The minimum absolute atomic E-state index is 0.312. The molecule has 1 rings (SSSR count). The molecule has 0 fully saturated rings. The minimum atomic E-state index is -4.70. The normalized spacial score (nSPS) is 12.2. The SMILES string of the molecule is CCCCN(CCCC)C(=O)/C(=C/c1ccc(OC)cc1)C(F)(F)F. The number of alkyl halides is 3. The van der Waals surface area contributed by atoms with Crippen LogP contribution in [0.5, 0.6) is 5.75 Å². The first kappa shape index (κ1) is 21.1. The lowest BCUT2D eigenvalue weighted by Crippen LogP contribution is -2.37. The van der Waals surface area contributed by atoms with E-state index in [0.29, 0.717) is 37.2 Å². The fraction of sp³-hybridized carbons (Fsp3) is 0.526. The molecule has 0 unspecified atom stereocenters. The topological polar surface area (TPSA) is 29.5 Å². The monoisotopic (exact) mass is 357 g/mol. The zero-order valence-corrected chi connectivity index (χ0v) is 15.0. The van der Waals surface area contributed by atoms with Gasteiger partial charge in [0.05, 0.1) is 7.11 Å². The first-order valence-electron chi connectivity index (χ1n) is 8.55. The largest absolute Gasteiger partial charge is 0.497 e. The third-order valence-electron chi connectivity index (χ3n) is 3.81. The van der Waals surface area contributed by atoms with Gasteiger partial charge in [-0.2, -0.15) is 13.2 Å². The van der Waals surface area contributed by atoms with Gasteiger partial charge >= 0.3 is 6.18 Å². The van der Waals surface area contributed by atoms with Gasteiger partial charge in [-0.1, -0.05) is 38.8 Å². The van der Waals surface area contributed by atoms with Crippen LogP contribution in [0.1, 0.15) is 45.1 Å². The van der Waals surface area contributed by atoms with Gasteiger partial charge in [0, 0.05) is 13.1 Å². The van der Waals surface area contributed by atoms with Gasteiger partial charge < -0.3 is 9.64 Å². The molecule has 0 aliphatic rings. The Hall–Kier alpha value is -1.98. The molecule has 0 bridgehead atoms. The van der Waals surface area contributed by atoms with Crippen molar-refractivity contribution in [3.8, 4) is 5.75 Å². The molecule has 3 nitrogen and oxygen atoms in total. The van der Waals surface area contributed by atoms with E-state index in [9.17, 15) is 18.0 Å². The summed E-state index contributed by atoms with van der Waals surface area (Å²) in [6.07, 6.45) is -0.786. The summed E-state index contributed by atoms with van der Waals surface area (Å²) in [6.45, 7) is 4.57. The van der Waals surface area contributed by atoms with E-state index in [0.717, 1.165) is 18.9 Å². The Kier molecular flexibility index (Phi) is 8.52. The van der Waals surface area contributed by atoms with E-state index in [4.69, 9.17) is 4.74 Å². The first-order chi connectivity index (χ1) is 11.8. The number of unbranched alkanes of at least 4 members (excludes halogenated alkanes) is 2. The standard InChI is InChI=1S/C19H26F3NO2/c1-4-6-12-23(13-7-5-2)18(24)17(19(20,21)22)14-15-8-10-16(25-3)11-9-15/h8-11,14H,4-7,12-13H2,1-3H3/b17-14-. The molecule has 0 N–H and O–H groups in total. The summed E-state index contributed by atoms with van der Waals surface area (Å²) < 4.78 is 45.4. The zero-order chi connectivity index (χ0) is 18.9. The van der Waals surface area contributed by atoms with E-state index in [2.05, 4.69) is 0 Å². The van der Waals surface area contributed by atoms with E-state index in [1.807, 2.05) is 13.8 Å². The van der Waals surface area contributed by atoms with Crippen LogP contribution in [-0.2, 0) is 4.79 Å². The van der Waals surface area contributed by atoms with Crippen LogP contribution in [0.3, 0.4) is 0 Å². The third kappa shape index (κ3) is 6.80. The highest BCUT2D eigenvalue weighted by Gasteiger charge is 2.40. The number of benzene rings is 1. The van der Waals surface area contributed by atoms with E-state index in [1.54, 1.807) is 12.1 Å². The number of amides is 1. The Morgan fingerprint density at radius 3 is 2.00 bits per heavy atom. The summed E-state index contributed by atoms with van der Waals surface area (Å²) >= 11 is 0. The van der Waals surface area contributed by atoms with Gasteiger partial charge in [0.25, 0.3) is 5.91 Å². The lowest BCUT2D eigenvalue weighted by atomic mass is 10.1. The molecule has 1 aromatic carbocycles. The number of halogens is 3. The maximum absolute atomic E-state index is 13.5. The average Bonchev–Trinajstić information content (AvgIpc) is 2.59. The summed E-state index contributed by atoms with van der Waals surface area (Å²) in [5, 5.41) is 0. The number of carbonyl (C=O) groups is 1. The second kappa shape index (κ2) is 10.1. The molecule has 0 saturated heterocycles. The Morgan fingerprint density at radius 1 is 1.08 bits per heavy atom. The van der Waals surface area contributed by atoms with Gasteiger partial charge in [-0.25, -0.2) is 0 Å². The predicted octanol–water partition coefficient (Wildman–Crippen LogP) is 5.07. The molecule has 0 aliphatic carbocycles. The Morgan fingerprint density at radius 2 is 1.60 bits per heavy atom. The van der Waals surface area contributed by atoms with Crippen molar-refractivity contribution in [2.45, 2.75) is 45.7 Å². The van der Waals surface area contributed by atoms with Crippen LogP contribution >= 0.6 is 0 Å². The van der Waals surface area contributed by atoms with Crippen molar-refractivity contribution in [3.63, 3.8) is 0 Å². The molecular weight excluding hydrogens is 331 g/mol. The van der Waals surface area contributed by atoms with Gasteiger partial charge in [-0.3, -0.25) is 4.79 Å². The molecule has 0 atom stereocenters. The fourth-order valence-corrected chi connectivity index (χ4v) is 2.31. The summed E-state index contributed by atoms with van der Waals surface area (Å²) in [5.41, 5.74) is -0.822. The van der Waals surface area contributed by atoms with Crippen molar-refractivity contribution >= 4 is 12.0 Å². The van der Waals surface area contributed by atoms with Crippen LogP contribution in [0.4, 0.5) is 13.2 Å². The maximum Gasteiger partial charge on any atom is 0.421 e. The van der Waals surface area contributed by atoms with Crippen LogP contribution in [0, 0.1) is 0 Å². The van der Waals surface area contributed by atoms with E-state index < -0.39 is 17.7 Å². The van der Waals surface area contributed by atoms with Crippen molar-refractivity contribution in [2.75, 3.05) is 20.2 Å². The molecule has 1 aromatic rings. The fourth-order valence-electron chi connectivity index (χ4n) is 2.31. The van der Waals surface area contributed by atoms with Crippen molar-refractivity contribution in [1.82, 2.24) is 4.90 Å². The van der Waals surface area contributed by atoms with Gasteiger partial charge in [0.15, 0.2) is 0 Å². The molecule has 140 valence electrons. The number of nitrogens with zero attached hydrogens (tertiary/aromatic N) is 1. The second-order valence-electron chi connectivity index (χ2n) is 5.83. The van der Waals surface area contributed by atoms with Crippen molar-refractivity contribution in [1.29, 1.82) is 0 Å². The Balaban J connectivity index is 3.13. The molecule has 25 heavy (non-hydrogen) atoms. The smallest absolute Gasteiger partial charge is 0.421 e. The Bertz CT molecular complexity index is 557. The number of rotatable bonds is 9. The van der Waals surface area contributed by atoms with Crippen molar-refractivity contribution in [2.24, 2.45) is 0 Å². The molecule has 0 aromatic heterocycles. The van der Waals surface area contributed by atoms with Gasteiger partial charge in [-0.05, 0) is 36.6 Å². The summed E-state index contributed by atoms with van der Waals surface area (Å²) in [7, 11) is 1.48. The number of ether oxygens (including phenoxy) is 1. The van der Waals surface area contributed by atoms with Crippen molar-refractivity contribution < 1.29 is 22.7 Å². The third-order valence-corrected chi connectivity index (χ3v) is 3.81. The van der Waals surface area contributed by atoms with Crippen molar-refractivity contribution in [3.05, 3.63) is 35.4 Å². The minimum Gasteiger partial charge on any atom is -0.497 e. The molecule has 0 saturated carbocycles. The molecular formula is C19H26F3NO2. The van der Waals surface area contributed by atoms with Crippen LogP contribution in [0.25, 0.3) is 6.08 Å². The quantitative estimate of drug-likeness (QED) is 0.578. The van der Waals surface area contributed by atoms with Gasteiger partial charge in [-0.15, -0.1) is 0 Å². The van der Waals surface area contributed by atoms with E-state index >= 15 is 0 Å². The van der Waals surface area contributed by atoms with Gasteiger partial charge in [0.1, 0.15) is 11.3 Å². The lowest BCUT2D eigenvalue weighted by molar-refractivity contribution is -0.139. The molecule has 6 heteroatoms. The predicted molar refractivity (Wildman–Crippen MR) is 93.4 cm³/mol. The Labute approximate surface area is 147 Å². The molecule has 0 aliphatic heterocycles. The highest BCUT2D eigenvalue weighted by molar-refractivity contribution is 5.99. The lowest BCUT2D eigenvalue weighted by Gasteiger charge is -2.24. The van der Waals surface area contributed by atoms with Crippen LogP contribution < -0.4 is 4.74 Å². The number of hydrogen-bond donors (Lipinski definition) is 0. The molecule has 1 amide bonds. The summed E-state index contributed by atoms with van der Waals surface area (Å²) in [5.74, 6) is -0.408. The van der Waals surface area contributed by atoms with Crippen LogP contribution in [-0.4, -0.2) is 37.2 Å². The van der Waals surface area contributed by atoms with Crippen LogP contribution in [0.2, 0.25) is 0 Å². The number of carbonyl (C=O) groups excluding carboxylic acids is 1. The summed E-state index contributed by atoms with van der Waals surface area (Å²) in [4.78, 5) is 13.9. The molecule has 0 radical (unpaired) electrons. The molecule has 0 heterocycles. The van der Waals surface area contributed by atoms with E-state index in [-0.39, 0.29) is 0 Å². The highest BCUT2D eigenvalue weighted by atomic mass is 19.4. The molecule has 0 spiro atoms. The highest BCUT2D eigenvalue weighted by Crippen LogP contribution is 2.30. The van der Waals surface area contributed by atoms with E-state index in [1.165, 1.54) is 24.1 Å². The van der Waals surface area contributed by atoms with Gasteiger partial charge in [0.2, 0.25) is 0 Å². The number of methoxy groups -OCH3 is 1. The maximum atomic E-state index is 13.5. The van der Waals surface area contributed by atoms with Crippen LogP contribution in [0.15, 0.2) is 29.8 Å². The second-order valence-corrected chi connectivity index (χ2v) is 5.83. The number of hydrogen-bond acceptors (Lipinski definition) is 2.